The number of nitrogens with one attached hydrogen (secondary N) is 2. The molecule has 0 aromatic heterocycles. The normalized spacial score (nSPS) is 13.1. The van der Waals surface area contributed by atoms with Gasteiger partial charge >= 0.3 is 12.0 Å². The number of rotatable bonds is 6. The summed E-state index contributed by atoms with van der Waals surface area (Å²) in [5.41, 5.74) is -0.421. The molecular weight excluding hydrogens is 340 g/mol. The van der Waals surface area contributed by atoms with E-state index < -0.39 is 17.4 Å². The Labute approximate surface area is 132 Å². The van der Waals surface area contributed by atoms with Crippen LogP contribution in [0.15, 0.2) is 22.7 Å². The molecule has 0 aliphatic heterocycles. The molecule has 1 aromatic carbocycles. The summed E-state index contributed by atoms with van der Waals surface area (Å²) in [6.45, 7) is 3.42. The van der Waals surface area contributed by atoms with Crippen molar-refractivity contribution < 1.29 is 19.4 Å². The number of amides is 2. The Balaban J connectivity index is 2.64. The van der Waals surface area contributed by atoms with Crippen LogP contribution in [0.2, 0.25) is 0 Å². The number of urea groups is 1. The van der Waals surface area contributed by atoms with Crippen LogP contribution in [0.5, 0.6) is 5.75 Å². The molecule has 6 nitrogen and oxygen atoms in total. The summed E-state index contributed by atoms with van der Waals surface area (Å²) >= 11 is 3.32. The third-order valence-electron chi connectivity index (χ3n) is 3.34. The molecule has 0 spiro atoms. The number of carbonyl (C=O) groups is 2. The van der Waals surface area contributed by atoms with E-state index in [9.17, 15) is 9.59 Å². The Morgan fingerprint density at radius 2 is 2.10 bits per heavy atom. The zero-order chi connectivity index (χ0) is 16.0. The Kier molecular flexibility index (Phi) is 6.02. The van der Waals surface area contributed by atoms with E-state index in [-0.39, 0.29) is 6.54 Å². The van der Waals surface area contributed by atoms with Gasteiger partial charge in [0, 0.05) is 18.3 Å². The van der Waals surface area contributed by atoms with Crippen LogP contribution in [-0.4, -0.2) is 30.8 Å². The van der Waals surface area contributed by atoms with Crippen LogP contribution in [-0.2, 0) is 4.79 Å². The van der Waals surface area contributed by atoms with Crippen molar-refractivity contribution in [1.82, 2.24) is 5.32 Å². The topological polar surface area (TPSA) is 87.7 Å². The lowest BCUT2D eigenvalue weighted by atomic mass is 9.88. The average molecular weight is 359 g/mol. The van der Waals surface area contributed by atoms with Gasteiger partial charge in [-0.15, -0.1) is 0 Å². The molecule has 1 atom stereocenters. The molecule has 0 aliphatic carbocycles. The van der Waals surface area contributed by atoms with Gasteiger partial charge in [-0.25, -0.2) is 4.79 Å². The second-order valence-electron chi connectivity index (χ2n) is 4.88. The summed E-state index contributed by atoms with van der Waals surface area (Å²) in [6, 6.07) is 4.67. The van der Waals surface area contributed by atoms with Crippen molar-refractivity contribution in [2.75, 3.05) is 19.0 Å². The molecule has 0 heterocycles. The highest BCUT2D eigenvalue weighted by atomic mass is 79.9. The SMILES string of the molecule is CCC(C)(CNC(=O)Nc1ccc(Br)c(OC)c1)C(=O)O. The van der Waals surface area contributed by atoms with Gasteiger partial charge in [-0.05, 0) is 41.4 Å². The summed E-state index contributed by atoms with van der Waals surface area (Å²) in [5.74, 6) is -0.340. The molecule has 1 unspecified atom stereocenters. The van der Waals surface area contributed by atoms with E-state index >= 15 is 0 Å². The maximum Gasteiger partial charge on any atom is 0.319 e. The number of benzene rings is 1. The van der Waals surface area contributed by atoms with Gasteiger partial charge in [0.25, 0.3) is 0 Å². The highest BCUT2D eigenvalue weighted by molar-refractivity contribution is 9.10. The molecule has 1 rings (SSSR count). The van der Waals surface area contributed by atoms with Gasteiger partial charge in [0.1, 0.15) is 5.75 Å². The average Bonchev–Trinajstić information content (AvgIpc) is 2.46. The van der Waals surface area contributed by atoms with Crippen molar-refractivity contribution in [3.63, 3.8) is 0 Å². The highest BCUT2D eigenvalue weighted by Crippen LogP contribution is 2.27. The van der Waals surface area contributed by atoms with E-state index in [1.165, 1.54) is 7.11 Å². The maximum atomic E-state index is 11.8. The molecule has 3 N–H and O–H groups in total. The van der Waals surface area contributed by atoms with E-state index in [0.717, 1.165) is 4.47 Å². The van der Waals surface area contributed by atoms with Crippen LogP contribution in [0.25, 0.3) is 0 Å². The van der Waals surface area contributed by atoms with Gasteiger partial charge in [0.05, 0.1) is 17.0 Å². The predicted octanol–water partition coefficient (Wildman–Crippen LogP) is 3.08. The fraction of sp³-hybridized carbons (Fsp3) is 0.429. The molecule has 0 aliphatic rings. The number of carboxylic acids is 1. The molecule has 1 aromatic rings. The Morgan fingerprint density at radius 3 is 2.62 bits per heavy atom. The quantitative estimate of drug-likeness (QED) is 0.728. The minimum Gasteiger partial charge on any atom is -0.495 e. The standard InChI is InChI=1S/C14H19BrN2O4/c1-4-14(2,12(18)19)8-16-13(20)17-9-5-6-10(15)11(7-9)21-3/h5-7H,4,8H2,1-3H3,(H,18,19)(H2,16,17,20). The summed E-state index contributed by atoms with van der Waals surface area (Å²) in [5, 5.41) is 14.3. The monoisotopic (exact) mass is 358 g/mol. The van der Waals surface area contributed by atoms with Crippen molar-refractivity contribution in [3.8, 4) is 5.75 Å². The van der Waals surface area contributed by atoms with Crippen LogP contribution in [0, 0.1) is 5.41 Å². The molecule has 2 amide bonds. The van der Waals surface area contributed by atoms with Crippen LogP contribution in [0.1, 0.15) is 20.3 Å². The highest BCUT2D eigenvalue weighted by Gasteiger charge is 2.31. The number of aliphatic carboxylic acids is 1. The molecule has 7 heteroatoms. The first kappa shape index (κ1) is 17.3. The molecule has 0 saturated carbocycles. The van der Waals surface area contributed by atoms with Crippen molar-refractivity contribution in [1.29, 1.82) is 0 Å². The lowest BCUT2D eigenvalue weighted by Crippen LogP contribution is -2.42. The molecule has 0 bridgehead atoms. The number of carbonyl (C=O) groups excluding carboxylic acids is 1. The third kappa shape index (κ3) is 4.63. The summed E-state index contributed by atoms with van der Waals surface area (Å²) in [6.07, 6.45) is 0.425. The fourth-order valence-electron chi connectivity index (χ4n) is 1.54. The number of hydrogen-bond acceptors (Lipinski definition) is 3. The fourth-order valence-corrected chi connectivity index (χ4v) is 1.95. The van der Waals surface area contributed by atoms with Crippen molar-refractivity contribution in [2.24, 2.45) is 5.41 Å². The van der Waals surface area contributed by atoms with E-state index in [1.807, 2.05) is 0 Å². The minimum absolute atomic E-state index is 0.0539. The zero-order valence-electron chi connectivity index (χ0n) is 12.2. The number of methoxy groups -OCH3 is 1. The molecule has 116 valence electrons. The summed E-state index contributed by atoms with van der Waals surface area (Å²) in [7, 11) is 1.53. The van der Waals surface area contributed by atoms with Gasteiger partial charge in [-0.3, -0.25) is 4.79 Å². The van der Waals surface area contributed by atoms with Crippen LogP contribution >= 0.6 is 15.9 Å². The first-order valence-electron chi connectivity index (χ1n) is 6.44. The maximum absolute atomic E-state index is 11.8. The van der Waals surface area contributed by atoms with Crippen LogP contribution in [0.4, 0.5) is 10.5 Å². The number of anilines is 1. The van der Waals surface area contributed by atoms with Crippen molar-refractivity contribution in [2.45, 2.75) is 20.3 Å². The summed E-state index contributed by atoms with van der Waals surface area (Å²) in [4.78, 5) is 23.0. The number of carboxylic acid groups (broad SMARTS) is 1. The smallest absolute Gasteiger partial charge is 0.319 e. The lowest BCUT2D eigenvalue weighted by Gasteiger charge is -2.23. The molecule has 0 fully saturated rings. The Hall–Kier alpha value is -1.76. The van der Waals surface area contributed by atoms with Gasteiger partial charge in [-0.1, -0.05) is 6.92 Å². The first-order chi connectivity index (χ1) is 9.82. The largest absolute Gasteiger partial charge is 0.495 e. The Morgan fingerprint density at radius 1 is 1.43 bits per heavy atom. The van der Waals surface area contributed by atoms with Crippen LogP contribution < -0.4 is 15.4 Å². The molecule has 0 saturated heterocycles. The van der Waals surface area contributed by atoms with Gasteiger partial charge in [0.2, 0.25) is 0 Å². The van der Waals surface area contributed by atoms with Crippen LogP contribution in [0.3, 0.4) is 0 Å². The molecule has 0 radical (unpaired) electrons. The molecular formula is C14H19BrN2O4. The summed E-state index contributed by atoms with van der Waals surface area (Å²) < 4.78 is 5.91. The van der Waals surface area contributed by atoms with Gasteiger partial charge < -0.3 is 20.5 Å². The lowest BCUT2D eigenvalue weighted by molar-refractivity contribution is -0.147. The van der Waals surface area contributed by atoms with Crippen molar-refractivity contribution >= 4 is 33.6 Å². The van der Waals surface area contributed by atoms with E-state index in [2.05, 4.69) is 26.6 Å². The first-order valence-corrected chi connectivity index (χ1v) is 7.23. The van der Waals surface area contributed by atoms with Gasteiger partial charge in [-0.2, -0.15) is 0 Å². The second-order valence-corrected chi connectivity index (χ2v) is 5.73. The molecule has 21 heavy (non-hydrogen) atoms. The van der Waals surface area contributed by atoms with Gasteiger partial charge in [0.15, 0.2) is 0 Å². The predicted molar refractivity (Wildman–Crippen MR) is 83.7 cm³/mol. The van der Waals surface area contributed by atoms with E-state index in [4.69, 9.17) is 9.84 Å². The van der Waals surface area contributed by atoms with E-state index in [0.29, 0.717) is 17.9 Å². The number of ether oxygens (including phenoxy) is 1. The zero-order valence-corrected chi connectivity index (χ0v) is 13.8. The number of hydrogen-bond donors (Lipinski definition) is 3. The third-order valence-corrected chi connectivity index (χ3v) is 4.00. The van der Waals surface area contributed by atoms with Crippen molar-refractivity contribution in [3.05, 3.63) is 22.7 Å². The Bertz CT molecular complexity index is 536. The van der Waals surface area contributed by atoms with E-state index in [1.54, 1.807) is 32.0 Å². The number of halogens is 1. The minimum atomic E-state index is -0.977. The second kappa shape index (κ2) is 7.31.